The van der Waals surface area contributed by atoms with Crippen molar-refractivity contribution in [2.45, 2.75) is 63.0 Å². The highest BCUT2D eigenvalue weighted by Gasteiger charge is 2.43. The molecule has 2 aliphatic rings. The van der Waals surface area contributed by atoms with E-state index < -0.39 is 11.5 Å². The molecule has 2 atom stereocenters. The van der Waals surface area contributed by atoms with E-state index in [1.54, 1.807) is 4.90 Å². The summed E-state index contributed by atoms with van der Waals surface area (Å²) in [4.78, 5) is 26.4. The lowest BCUT2D eigenvalue weighted by atomic mass is 9.68. The molecule has 2 N–H and O–H groups in total. The molecule has 2 amide bonds. The van der Waals surface area contributed by atoms with Crippen LogP contribution in [-0.4, -0.2) is 47.1 Å². The van der Waals surface area contributed by atoms with E-state index in [2.05, 4.69) is 5.32 Å². The number of β-amino-alcohol motifs (C(OH)–C–C–N with tert-alkyl or cyclic N) is 1. The minimum Gasteiger partial charge on any atom is -0.389 e. The van der Waals surface area contributed by atoms with E-state index in [0.29, 0.717) is 18.0 Å². The molecule has 2 fully saturated rings. The van der Waals surface area contributed by atoms with E-state index in [4.69, 9.17) is 11.6 Å². The van der Waals surface area contributed by atoms with Gasteiger partial charge in [-0.2, -0.15) is 0 Å². The number of hydrogen-bond donors (Lipinski definition) is 2. The third-order valence-corrected chi connectivity index (χ3v) is 6.13. The summed E-state index contributed by atoms with van der Waals surface area (Å²) in [6.45, 7) is 2.34. The fourth-order valence-electron chi connectivity index (χ4n) is 4.26. The quantitative estimate of drug-likeness (QED) is 0.849. The fourth-order valence-corrected chi connectivity index (χ4v) is 4.39. The number of piperidine rings is 1. The van der Waals surface area contributed by atoms with Crippen LogP contribution in [0.1, 0.15) is 51.0 Å². The van der Waals surface area contributed by atoms with Gasteiger partial charge in [0.25, 0.3) is 0 Å². The van der Waals surface area contributed by atoms with Crippen molar-refractivity contribution < 1.29 is 14.7 Å². The molecule has 0 aromatic heterocycles. The Bertz CT molecular complexity index is 656. The van der Waals surface area contributed by atoms with Crippen LogP contribution in [0.2, 0.25) is 5.02 Å². The molecular weight excluding hydrogens is 352 g/mol. The molecular formula is C20H27ClN2O3. The Labute approximate surface area is 159 Å². The molecule has 26 heavy (non-hydrogen) atoms. The molecule has 1 aliphatic carbocycles. The SMILES string of the molecule is CC(=O)N1CC[C@@H](NC(=O)C2(c3ccc(Cl)cc3)CCCCC2)[C@H](O)C1. The van der Waals surface area contributed by atoms with E-state index in [1.165, 1.54) is 6.92 Å². The number of amides is 2. The molecule has 1 aromatic rings. The first kappa shape index (κ1) is 19.2. The average molecular weight is 379 g/mol. The third-order valence-electron chi connectivity index (χ3n) is 5.88. The molecule has 3 rings (SSSR count). The normalized spacial score (nSPS) is 25.6. The van der Waals surface area contributed by atoms with E-state index >= 15 is 0 Å². The summed E-state index contributed by atoms with van der Waals surface area (Å²) in [6.07, 6.45) is 4.63. The Morgan fingerprint density at radius 3 is 2.42 bits per heavy atom. The number of nitrogens with zero attached hydrogens (tertiary/aromatic N) is 1. The highest BCUT2D eigenvalue weighted by atomic mass is 35.5. The molecule has 0 radical (unpaired) electrons. The maximum absolute atomic E-state index is 13.3. The largest absolute Gasteiger partial charge is 0.389 e. The minimum atomic E-state index is -0.734. The number of aliphatic hydroxyl groups excluding tert-OH is 1. The number of rotatable bonds is 3. The number of carbonyl (C=O) groups is 2. The van der Waals surface area contributed by atoms with E-state index in [0.717, 1.165) is 37.7 Å². The summed E-state index contributed by atoms with van der Waals surface area (Å²) < 4.78 is 0. The van der Waals surface area contributed by atoms with Gasteiger partial charge in [-0.25, -0.2) is 0 Å². The van der Waals surface area contributed by atoms with Crippen molar-refractivity contribution in [3.05, 3.63) is 34.9 Å². The zero-order valence-electron chi connectivity index (χ0n) is 15.2. The molecule has 0 spiro atoms. The first-order valence-corrected chi connectivity index (χ1v) is 9.81. The maximum atomic E-state index is 13.3. The second-order valence-electron chi connectivity index (χ2n) is 7.55. The van der Waals surface area contributed by atoms with Gasteiger partial charge in [0.05, 0.1) is 17.6 Å². The molecule has 1 heterocycles. The number of benzene rings is 1. The Morgan fingerprint density at radius 2 is 1.85 bits per heavy atom. The number of hydrogen-bond acceptors (Lipinski definition) is 3. The van der Waals surface area contributed by atoms with Crippen LogP contribution in [0.25, 0.3) is 0 Å². The molecule has 1 saturated carbocycles. The van der Waals surface area contributed by atoms with Crippen molar-refractivity contribution in [1.29, 1.82) is 0 Å². The zero-order chi connectivity index (χ0) is 18.7. The fraction of sp³-hybridized carbons (Fsp3) is 0.600. The van der Waals surface area contributed by atoms with Gasteiger partial charge in [0, 0.05) is 25.0 Å². The second-order valence-corrected chi connectivity index (χ2v) is 7.99. The van der Waals surface area contributed by atoms with Crippen LogP contribution < -0.4 is 5.32 Å². The molecule has 1 saturated heterocycles. The van der Waals surface area contributed by atoms with E-state index in [1.807, 2.05) is 24.3 Å². The van der Waals surface area contributed by atoms with Crippen molar-refractivity contribution in [2.75, 3.05) is 13.1 Å². The lowest BCUT2D eigenvalue weighted by molar-refractivity contribution is -0.134. The second kappa shape index (κ2) is 7.97. The standard InChI is InChI=1S/C20H27ClN2O3/c1-14(24)23-12-9-17(18(25)13-23)22-19(26)20(10-3-2-4-11-20)15-5-7-16(21)8-6-15/h5-8,17-18,25H,2-4,9-13H2,1H3,(H,22,26)/t17-,18-/m1/s1. The summed E-state index contributed by atoms with van der Waals surface area (Å²) in [6, 6.07) is 7.25. The van der Waals surface area contributed by atoms with Crippen molar-refractivity contribution in [2.24, 2.45) is 0 Å². The maximum Gasteiger partial charge on any atom is 0.230 e. The van der Waals surface area contributed by atoms with Gasteiger partial charge in [0.15, 0.2) is 0 Å². The molecule has 142 valence electrons. The van der Waals surface area contributed by atoms with Crippen LogP contribution in [0.15, 0.2) is 24.3 Å². The Kier molecular flexibility index (Phi) is 5.88. The molecule has 1 aliphatic heterocycles. The minimum absolute atomic E-state index is 0.0140. The van der Waals surface area contributed by atoms with Crippen molar-refractivity contribution in [3.63, 3.8) is 0 Å². The van der Waals surface area contributed by atoms with Crippen LogP contribution >= 0.6 is 11.6 Å². The summed E-state index contributed by atoms with van der Waals surface area (Å²) >= 11 is 6.02. The van der Waals surface area contributed by atoms with Crippen LogP contribution in [0.4, 0.5) is 0 Å². The number of likely N-dealkylation sites (tertiary alicyclic amines) is 1. The number of aliphatic hydroxyl groups is 1. The summed E-state index contributed by atoms with van der Waals surface area (Å²) in [5.74, 6) is -0.0569. The lowest BCUT2D eigenvalue weighted by Gasteiger charge is -2.40. The predicted octanol–water partition coefficient (Wildman–Crippen LogP) is 2.64. The first-order chi connectivity index (χ1) is 12.4. The van der Waals surface area contributed by atoms with Crippen LogP contribution in [0, 0.1) is 0 Å². The van der Waals surface area contributed by atoms with Gasteiger partial charge >= 0.3 is 0 Å². The third kappa shape index (κ3) is 3.89. The number of halogens is 1. The van der Waals surface area contributed by atoms with E-state index in [9.17, 15) is 14.7 Å². The van der Waals surface area contributed by atoms with Gasteiger partial charge in [-0.1, -0.05) is 43.0 Å². The molecule has 5 nitrogen and oxygen atoms in total. The highest BCUT2D eigenvalue weighted by molar-refractivity contribution is 6.30. The van der Waals surface area contributed by atoms with Crippen LogP contribution in [0.5, 0.6) is 0 Å². The summed E-state index contributed by atoms with van der Waals surface area (Å²) in [7, 11) is 0. The summed E-state index contributed by atoms with van der Waals surface area (Å²) in [5, 5.41) is 14.2. The highest BCUT2D eigenvalue weighted by Crippen LogP contribution is 2.40. The van der Waals surface area contributed by atoms with Gasteiger partial charge in [-0.05, 0) is 37.0 Å². The lowest BCUT2D eigenvalue weighted by Crippen LogP contribution is -2.58. The Balaban J connectivity index is 1.76. The first-order valence-electron chi connectivity index (χ1n) is 9.43. The Morgan fingerprint density at radius 1 is 1.19 bits per heavy atom. The van der Waals surface area contributed by atoms with Gasteiger partial charge in [-0.3, -0.25) is 9.59 Å². The molecule has 0 bridgehead atoms. The van der Waals surface area contributed by atoms with Crippen LogP contribution in [-0.2, 0) is 15.0 Å². The topological polar surface area (TPSA) is 69.6 Å². The van der Waals surface area contributed by atoms with Crippen molar-refractivity contribution >= 4 is 23.4 Å². The van der Waals surface area contributed by atoms with E-state index in [-0.39, 0.29) is 24.4 Å². The average Bonchev–Trinajstić information content (AvgIpc) is 2.64. The van der Waals surface area contributed by atoms with Gasteiger partial charge in [0.1, 0.15) is 0 Å². The van der Waals surface area contributed by atoms with Crippen molar-refractivity contribution in [1.82, 2.24) is 10.2 Å². The molecule has 6 heteroatoms. The zero-order valence-corrected chi connectivity index (χ0v) is 16.0. The van der Waals surface area contributed by atoms with Gasteiger partial charge < -0.3 is 15.3 Å². The van der Waals surface area contributed by atoms with Crippen molar-refractivity contribution in [3.8, 4) is 0 Å². The predicted molar refractivity (Wildman–Crippen MR) is 101 cm³/mol. The smallest absolute Gasteiger partial charge is 0.230 e. The monoisotopic (exact) mass is 378 g/mol. The van der Waals surface area contributed by atoms with Gasteiger partial charge in [-0.15, -0.1) is 0 Å². The molecule has 1 aromatic carbocycles. The number of carbonyl (C=O) groups excluding carboxylic acids is 2. The van der Waals surface area contributed by atoms with Crippen LogP contribution in [0.3, 0.4) is 0 Å². The Hall–Kier alpha value is -1.59. The number of nitrogens with one attached hydrogen (secondary N) is 1. The summed E-state index contributed by atoms with van der Waals surface area (Å²) in [5.41, 5.74) is 0.440. The van der Waals surface area contributed by atoms with Gasteiger partial charge in [0.2, 0.25) is 11.8 Å². The molecule has 0 unspecified atom stereocenters.